The van der Waals surface area contributed by atoms with Gasteiger partial charge in [-0.05, 0) is 55.4 Å². The van der Waals surface area contributed by atoms with Gasteiger partial charge in [-0.3, -0.25) is 9.78 Å². The standard InChI is InChI=1S/C23H20BrN5O2S/c24-14-1-3-15(4-2-14)28-23-29-19-11-17(5-6-21(19)32-23)31-18-8-10-26-20(12-18)22(30)27-16-7-9-25-13-16/h1-6,8,10-12,16,25H,7,9,13H2,(H,27,30)(H,28,29). The third kappa shape index (κ3) is 4.90. The van der Waals surface area contributed by atoms with Crippen LogP contribution in [-0.4, -0.2) is 35.0 Å². The van der Waals surface area contributed by atoms with Crippen molar-refractivity contribution >= 4 is 54.2 Å². The first-order valence-corrected chi connectivity index (χ1v) is 11.8. The molecule has 0 aliphatic carbocycles. The van der Waals surface area contributed by atoms with Gasteiger partial charge in [0.15, 0.2) is 5.13 Å². The maximum Gasteiger partial charge on any atom is 0.270 e. The number of pyridine rings is 1. The van der Waals surface area contributed by atoms with E-state index in [1.807, 2.05) is 42.5 Å². The Bertz CT molecular complexity index is 1250. The SMILES string of the molecule is O=C(NC1CCNC1)c1cc(Oc2ccc3sc(Nc4ccc(Br)cc4)nc3c2)ccn1. The second-order valence-corrected chi connectivity index (χ2v) is 9.37. The Kier molecular flexibility index (Phi) is 6.02. The number of thiazole rings is 1. The Balaban J connectivity index is 1.29. The molecule has 1 aliphatic rings. The molecule has 3 N–H and O–H groups in total. The van der Waals surface area contributed by atoms with Crippen LogP contribution in [0.3, 0.4) is 0 Å². The van der Waals surface area contributed by atoms with Crippen molar-refractivity contribution in [2.75, 3.05) is 18.4 Å². The van der Waals surface area contributed by atoms with Crippen LogP contribution in [0.15, 0.2) is 65.3 Å². The molecule has 1 amide bonds. The summed E-state index contributed by atoms with van der Waals surface area (Å²) in [5, 5.41) is 10.4. The second kappa shape index (κ2) is 9.23. The molecule has 5 rings (SSSR count). The van der Waals surface area contributed by atoms with Gasteiger partial charge in [0.1, 0.15) is 17.2 Å². The van der Waals surface area contributed by atoms with Crippen LogP contribution in [0.25, 0.3) is 10.2 Å². The third-order valence-corrected chi connectivity index (χ3v) is 6.53. The number of carbonyl (C=O) groups is 1. The molecule has 4 aromatic rings. The molecule has 32 heavy (non-hydrogen) atoms. The fourth-order valence-corrected chi connectivity index (χ4v) is 4.58. The lowest BCUT2D eigenvalue weighted by Crippen LogP contribution is -2.36. The maximum absolute atomic E-state index is 12.5. The highest BCUT2D eigenvalue weighted by Gasteiger charge is 2.18. The highest BCUT2D eigenvalue weighted by atomic mass is 79.9. The van der Waals surface area contributed by atoms with Crippen molar-refractivity contribution in [2.24, 2.45) is 0 Å². The number of hydrogen-bond donors (Lipinski definition) is 3. The molecule has 0 spiro atoms. The predicted octanol–water partition coefficient (Wildman–Crippen LogP) is 5.08. The summed E-state index contributed by atoms with van der Waals surface area (Å²) in [5.41, 5.74) is 2.15. The number of ether oxygens (including phenoxy) is 1. The van der Waals surface area contributed by atoms with E-state index in [0.717, 1.165) is 45.0 Å². The van der Waals surface area contributed by atoms with Gasteiger partial charge in [0, 0.05) is 41.1 Å². The number of amides is 1. The molecule has 0 bridgehead atoms. The van der Waals surface area contributed by atoms with Crippen molar-refractivity contribution in [1.82, 2.24) is 20.6 Å². The number of halogens is 1. The van der Waals surface area contributed by atoms with Crippen LogP contribution < -0.4 is 20.7 Å². The molecule has 1 saturated heterocycles. The molecule has 7 nitrogen and oxygen atoms in total. The number of hydrogen-bond acceptors (Lipinski definition) is 7. The number of carbonyl (C=O) groups excluding carboxylic acids is 1. The lowest BCUT2D eigenvalue weighted by Gasteiger charge is -2.11. The molecule has 162 valence electrons. The fraction of sp³-hybridized carbons (Fsp3) is 0.174. The lowest BCUT2D eigenvalue weighted by molar-refractivity contribution is 0.0934. The van der Waals surface area contributed by atoms with E-state index in [0.29, 0.717) is 17.2 Å². The minimum absolute atomic E-state index is 0.140. The molecule has 2 aromatic heterocycles. The number of fused-ring (bicyclic) bond motifs is 1. The van der Waals surface area contributed by atoms with E-state index in [4.69, 9.17) is 4.74 Å². The van der Waals surface area contributed by atoms with Gasteiger partial charge in [0.05, 0.1) is 10.2 Å². The molecule has 0 saturated carbocycles. The molecular formula is C23H20BrN5O2S. The molecule has 1 atom stereocenters. The Morgan fingerprint density at radius 1 is 1.12 bits per heavy atom. The van der Waals surface area contributed by atoms with Crippen molar-refractivity contribution < 1.29 is 9.53 Å². The zero-order valence-corrected chi connectivity index (χ0v) is 19.4. The molecule has 1 fully saturated rings. The number of benzene rings is 2. The minimum Gasteiger partial charge on any atom is -0.457 e. The molecule has 2 aromatic carbocycles. The second-order valence-electron chi connectivity index (χ2n) is 7.42. The van der Waals surface area contributed by atoms with E-state index in [1.54, 1.807) is 29.7 Å². The van der Waals surface area contributed by atoms with Crippen LogP contribution in [0.1, 0.15) is 16.9 Å². The molecule has 1 aliphatic heterocycles. The highest BCUT2D eigenvalue weighted by molar-refractivity contribution is 9.10. The normalized spacial score (nSPS) is 15.6. The van der Waals surface area contributed by atoms with Crippen LogP contribution in [0.4, 0.5) is 10.8 Å². The predicted molar refractivity (Wildman–Crippen MR) is 130 cm³/mol. The van der Waals surface area contributed by atoms with Crippen LogP contribution >= 0.6 is 27.3 Å². The van der Waals surface area contributed by atoms with Gasteiger partial charge in [0.2, 0.25) is 0 Å². The minimum atomic E-state index is -0.192. The average Bonchev–Trinajstić information content (AvgIpc) is 3.44. The van der Waals surface area contributed by atoms with E-state index in [9.17, 15) is 4.79 Å². The first-order valence-electron chi connectivity index (χ1n) is 10.2. The number of nitrogens with zero attached hydrogens (tertiary/aromatic N) is 2. The van der Waals surface area contributed by atoms with Crippen molar-refractivity contribution in [3.8, 4) is 11.5 Å². The van der Waals surface area contributed by atoms with E-state index in [-0.39, 0.29) is 11.9 Å². The monoisotopic (exact) mass is 509 g/mol. The van der Waals surface area contributed by atoms with Crippen molar-refractivity contribution in [1.29, 1.82) is 0 Å². The smallest absolute Gasteiger partial charge is 0.270 e. The van der Waals surface area contributed by atoms with Gasteiger partial charge >= 0.3 is 0 Å². The number of anilines is 2. The van der Waals surface area contributed by atoms with Gasteiger partial charge in [-0.1, -0.05) is 27.3 Å². The molecule has 9 heteroatoms. The molecule has 3 heterocycles. The van der Waals surface area contributed by atoms with Gasteiger partial charge < -0.3 is 20.7 Å². The van der Waals surface area contributed by atoms with Crippen molar-refractivity contribution in [2.45, 2.75) is 12.5 Å². The Morgan fingerprint density at radius 2 is 1.97 bits per heavy atom. The first-order chi connectivity index (χ1) is 15.6. The Hall–Kier alpha value is -3.01. The summed E-state index contributed by atoms with van der Waals surface area (Å²) >= 11 is 5.02. The van der Waals surface area contributed by atoms with Gasteiger partial charge in [0.25, 0.3) is 5.91 Å². The van der Waals surface area contributed by atoms with E-state index < -0.39 is 0 Å². The van der Waals surface area contributed by atoms with Crippen molar-refractivity contribution in [3.63, 3.8) is 0 Å². The van der Waals surface area contributed by atoms with Crippen LogP contribution in [-0.2, 0) is 0 Å². The van der Waals surface area contributed by atoms with Crippen molar-refractivity contribution in [3.05, 3.63) is 71.0 Å². The summed E-state index contributed by atoms with van der Waals surface area (Å²) in [7, 11) is 0. The summed E-state index contributed by atoms with van der Waals surface area (Å²) in [5.74, 6) is 1.01. The van der Waals surface area contributed by atoms with Gasteiger partial charge in [-0.2, -0.15) is 0 Å². The summed E-state index contributed by atoms with van der Waals surface area (Å²) in [4.78, 5) is 21.3. The summed E-state index contributed by atoms with van der Waals surface area (Å²) in [6.07, 6.45) is 2.51. The summed E-state index contributed by atoms with van der Waals surface area (Å²) in [6, 6.07) is 17.2. The zero-order valence-electron chi connectivity index (χ0n) is 17.0. The largest absolute Gasteiger partial charge is 0.457 e. The first kappa shape index (κ1) is 20.9. The Morgan fingerprint density at radius 3 is 2.78 bits per heavy atom. The quantitative estimate of drug-likeness (QED) is 0.335. The molecular weight excluding hydrogens is 490 g/mol. The third-order valence-electron chi connectivity index (χ3n) is 5.05. The molecule has 0 radical (unpaired) electrons. The lowest BCUT2D eigenvalue weighted by atomic mass is 10.2. The number of aromatic nitrogens is 2. The van der Waals surface area contributed by atoms with Crippen LogP contribution in [0.2, 0.25) is 0 Å². The maximum atomic E-state index is 12.5. The average molecular weight is 510 g/mol. The van der Waals surface area contributed by atoms with Gasteiger partial charge in [-0.25, -0.2) is 4.98 Å². The van der Waals surface area contributed by atoms with Crippen LogP contribution in [0, 0.1) is 0 Å². The van der Waals surface area contributed by atoms with E-state index in [2.05, 4.69) is 41.8 Å². The van der Waals surface area contributed by atoms with Crippen LogP contribution in [0.5, 0.6) is 11.5 Å². The van der Waals surface area contributed by atoms with E-state index >= 15 is 0 Å². The number of rotatable bonds is 6. The summed E-state index contributed by atoms with van der Waals surface area (Å²) in [6.45, 7) is 1.70. The summed E-state index contributed by atoms with van der Waals surface area (Å²) < 4.78 is 8.08. The van der Waals surface area contributed by atoms with Gasteiger partial charge in [-0.15, -0.1) is 0 Å². The molecule has 1 unspecified atom stereocenters. The van der Waals surface area contributed by atoms with E-state index in [1.165, 1.54) is 0 Å². The zero-order chi connectivity index (χ0) is 21.9. The highest BCUT2D eigenvalue weighted by Crippen LogP contribution is 2.32. The number of nitrogens with one attached hydrogen (secondary N) is 3. The topological polar surface area (TPSA) is 88.2 Å². The Labute approximate surface area is 197 Å². The fourth-order valence-electron chi connectivity index (χ4n) is 3.45.